The maximum atomic E-state index is 13.0. The van der Waals surface area contributed by atoms with E-state index in [9.17, 15) is 4.79 Å². The summed E-state index contributed by atoms with van der Waals surface area (Å²) in [6.45, 7) is 1.32. The minimum absolute atomic E-state index is 0.169. The quantitative estimate of drug-likeness (QED) is 0.463. The van der Waals surface area contributed by atoms with E-state index in [1.807, 2.05) is 78.9 Å². The van der Waals surface area contributed by atoms with Gasteiger partial charge in [0.15, 0.2) is 0 Å². The Kier molecular flexibility index (Phi) is 7.18. The third kappa shape index (κ3) is 5.63. The van der Waals surface area contributed by atoms with Crippen molar-refractivity contribution in [3.63, 3.8) is 0 Å². The molecule has 31 heavy (non-hydrogen) atoms. The second-order valence-electron chi connectivity index (χ2n) is 7.64. The van der Waals surface area contributed by atoms with Gasteiger partial charge in [-0.25, -0.2) is 0 Å². The number of carbonyl (C=O) groups is 1. The van der Waals surface area contributed by atoms with E-state index >= 15 is 0 Å². The number of nitrogens with zero attached hydrogens (tertiary/aromatic N) is 1. The van der Waals surface area contributed by atoms with E-state index in [0.29, 0.717) is 13.2 Å². The molecule has 0 N–H and O–H groups in total. The van der Waals surface area contributed by atoms with Crippen LogP contribution >= 0.6 is 0 Å². The van der Waals surface area contributed by atoms with Gasteiger partial charge < -0.3 is 0 Å². The fraction of sp³-hybridized carbons (Fsp3) is 0.231. The van der Waals surface area contributed by atoms with E-state index in [1.54, 1.807) is 4.90 Å². The molecule has 1 aliphatic rings. The van der Waals surface area contributed by atoms with Crippen LogP contribution in [-0.4, -0.2) is 43.8 Å². The number of rotatable bonds is 7. The summed E-state index contributed by atoms with van der Waals surface area (Å²) in [5.74, 6) is 0.235. The van der Waals surface area contributed by atoms with Crippen molar-refractivity contribution < 1.29 is 14.3 Å². The first-order valence-electron chi connectivity index (χ1n) is 10.4. The van der Waals surface area contributed by atoms with Crippen LogP contribution in [0.25, 0.3) is 0 Å². The van der Waals surface area contributed by atoms with Gasteiger partial charge >= 0.3 is 191 Å². The molecule has 0 spiro atoms. The third-order valence-corrected chi connectivity index (χ3v) is 6.33. The van der Waals surface area contributed by atoms with Crippen LogP contribution in [0.5, 0.6) is 0 Å². The second-order valence-corrected chi connectivity index (χ2v) is 8.49. The van der Waals surface area contributed by atoms with Crippen molar-refractivity contribution in [3.05, 3.63) is 108 Å². The molecule has 1 saturated heterocycles. The average molecular weight is 478 g/mol. The summed E-state index contributed by atoms with van der Waals surface area (Å²) in [6, 6.07) is 29.9. The Balaban J connectivity index is 1.45. The van der Waals surface area contributed by atoms with Gasteiger partial charge in [-0.2, -0.15) is 0 Å². The molecule has 0 bridgehead atoms. The number of amides is 1. The van der Waals surface area contributed by atoms with Gasteiger partial charge in [0.25, 0.3) is 0 Å². The van der Waals surface area contributed by atoms with Gasteiger partial charge in [0.2, 0.25) is 0 Å². The van der Waals surface area contributed by atoms with Crippen molar-refractivity contribution >= 4 is 26.3 Å². The summed E-state index contributed by atoms with van der Waals surface area (Å²) in [4.78, 5) is 14.8. The van der Waals surface area contributed by atoms with Crippen molar-refractivity contribution in [1.29, 1.82) is 0 Å². The number of carbonyl (C=O) groups excluding carboxylic acids is 1. The zero-order chi connectivity index (χ0) is 21.5. The molecule has 1 unspecified atom stereocenters. The van der Waals surface area contributed by atoms with Gasteiger partial charge in [0, 0.05) is 0 Å². The molecule has 4 nitrogen and oxygen atoms in total. The van der Waals surface area contributed by atoms with Gasteiger partial charge in [0.05, 0.1) is 0 Å². The average Bonchev–Trinajstić information content (AvgIpc) is 3.29. The summed E-state index contributed by atoms with van der Waals surface area (Å²) >= 11 is 3.06. The number of hydrogen-bond donors (Lipinski definition) is 0. The van der Waals surface area contributed by atoms with E-state index in [0.717, 1.165) is 22.2 Å². The predicted molar refractivity (Wildman–Crippen MR) is 123 cm³/mol. The zero-order valence-corrected chi connectivity index (χ0v) is 18.9. The van der Waals surface area contributed by atoms with Gasteiger partial charge in [-0.05, 0) is 0 Å². The summed E-state index contributed by atoms with van der Waals surface area (Å²) in [6.07, 6.45) is 0.477. The Morgan fingerprint density at radius 1 is 0.806 bits per heavy atom. The molecule has 2 atom stereocenters. The first-order chi connectivity index (χ1) is 15.2. The SMILES string of the molecule is O=C(OCc1ccccc1)N1CC(c2ccccc2)C[C@H]1C(=[Se])OCc1ccccc1. The van der Waals surface area contributed by atoms with E-state index in [-0.39, 0.29) is 24.7 Å². The zero-order valence-electron chi connectivity index (χ0n) is 17.2. The fourth-order valence-corrected chi connectivity index (χ4v) is 4.45. The topological polar surface area (TPSA) is 38.8 Å². The number of benzene rings is 3. The molecule has 1 heterocycles. The standard InChI is InChI=1S/C26H25NO3Se/c28-26(30-19-21-12-6-2-7-13-21)27-17-23(22-14-8-3-9-15-22)16-24(27)25(31)29-18-20-10-4-1-5-11-20/h1-15,23-24H,16-19H2/t23?,24-/m0/s1. The summed E-state index contributed by atoms with van der Waals surface area (Å²) in [7, 11) is 0. The molecule has 5 heteroatoms. The summed E-state index contributed by atoms with van der Waals surface area (Å²) < 4.78 is 12.4. The molecule has 3 aromatic carbocycles. The molecule has 3 aromatic rings. The number of likely N-dealkylation sites (tertiary alicyclic amines) is 1. The Morgan fingerprint density at radius 2 is 1.32 bits per heavy atom. The Morgan fingerprint density at radius 3 is 1.90 bits per heavy atom. The van der Waals surface area contributed by atoms with Crippen LogP contribution in [0.1, 0.15) is 29.0 Å². The number of hydrogen-bond acceptors (Lipinski definition) is 3. The van der Waals surface area contributed by atoms with Crippen LogP contribution in [0.4, 0.5) is 4.79 Å². The van der Waals surface area contributed by atoms with E-state index in [1.165, 1.54) is 5.56 Å². The van der Waals surface area contributed by atoms with Crippen LogP contribution in [0, 0.1) is 0 Å². The van der Waals surface area contributed by atoms with Crippen LogP contribution < -0.4 is 0 Å². The first-order valence-corrected chi connectivity index (χ1v) is 11.3. The van der Waals surface area contributed by atoms with E-state index in [2.05, 4.69) is 27.7 Å². The van der Waals surface area contributed by atoms with Crippen molar-refractivity contribution in [2.75, 3.05) is 6.54 Å². The minimum atomic E-state index is -0.316. The Bertz CT molecular complexity index is 931. The molecular formula is C26H25NO3Se. The Hall–Kier alpha value is -2.88. The monoisotopic (exact) mass is 479 g/mol. The van der Waals surface area contributed by atoms with Gasteiger partial charge in [0.1, 0.15) is 0 Å². The maximum absolute atomic E-state index is 13.0. The fourth-order valence-electron chi connectivity index (χ4n) is 3.85. The predicted octanol–water partition coefficient (Wildman–Crippen LogP) is 4.70. The molecule has 0 aromatic heterocycles. The van der Waals surface area contributed by atoms with Crippen LogP contribution in [0.3, 0.4) is 0 Å². The van der Waals surface area contributed by atoms with Crippen LogP contribution in [0.15, 0.2) is 91.0 Å². The molecule has 158 valence electrons. The normalized spacial score (nSPS) is 17.9. The van der Waals surface area contributed by atoms with Gasteiger partial charge in [-0.1, -0.05) is 0 Å². The summed E-state index contributed by atoms with van der Waals surface area (Å²) in [5, 5.41) is 0. The second kappa shape index (κ2) is 10.4. The molecule has 0 radical (unpaired) electrons. The first kappa shape index (κ1) is 21.4. The molecular weight excluding hydrogens is 453 g/mol. The third-order valence-electron chi connectivity index (χ3n) is 5.51. The molecule has 0 saturated carbocycles. The van der Waals surface area contributed by atoms with Crippen molar-refractivity contribution in [3.8, 4) is 0 Å². The molecule has 1 aliphatic heterocycles. The van der Waals surface area contributed by atoms with E-state index < -0.39 is 0 Å². The van der Waals surface area contributed by atoms with Gasteiger partial charge in [-0.15, -0.1) is 0 Å². The van der Waals surface area contributed by atoms with Crippen molar-refractivity contribution in [2.24, 2.45) is 0 Å². The van der Waals surface area contributed by atoms with Crippen molar-refractivity contribution in [2.45, 2.75) is 31.6 Å². The molecule has 1 amide bonds. The van der Waals surface area contributed by atoms with Gasteiger partial charge in [-0.3, -0.25) is 0 Å². The van der Waals surface area contributed by atoms with Crippen molar-refractivity contribution in [1.82, 2.24) is 4.90 Å². The summed E-state index contributed by atoms with van der Waals surface area (Å²) in [5.41, 5.74) is 3.28. The molecule has 0 aliphatic carbocycles. The van der Waals surface area contributed by atoms with Crippen LogP contribution in [-0.2, 0) is 22.7 Å². The number of ether oxygens (including phenoxy) is 2. The molecule has 1 fully saturated rings. The molecule has 4 rings (SSSR count). The Labute approximate surface area is 191 Å². The van der Waals surface area contributed by atoms with Crippen LogP contribution in [0.2, 0.25) is 0 Å². The van der Waals surface area contributed by atoms with E-state index in [4.69, 9.17) is 9.47 Å².